The van der Waals surface area contributed by atoms with Crippen LogP contribution in [0.4, 0.5) is 0 Å². The molecule has 3 atom stereocenters. The van der Waals surface area contributed by atoms with Crippen molar-refractivity contribution in [2.75, 3.05) is 13.7 Å². The Morgan fingerprint density at radius 1 is 1.60 bits per heavy atom. The first-order valence-electron chi connectivity index (χ1n) is 7.03. The summed E-state index contributed by atoms with van der Waals surface area (Å²) in [5.41, 5.74) is 6.83. The van der Waals surface area contributed by atoms with E-state index < -0.39 is 0 Å². The molecule has 1 aliphatic carbocycles. The van der Waals surface area contributed by atoms with Crippen LogP contribution in [0.3, 0.4) is 0 Å². The molecule has 2 rings (SSSR count). The Kier molecular flexibility index (Phi) is 5.08. The van der Waals surface area contributed by atoms with Gasteiger partial charge in [-0.15, -0.1) is 5.10 Å². The second-order valence-electron chi connectivity index (χ2n) is 5.36. The summed E-state index contributed by atoms with van der Waals surface area (Å²) < 4.78 is 7.06. The highest BCUT2D eigenvalue weighted by molar-refractivity contribution is 5.78. The number of hydrogen-bond donors (Lipinski definition) is 2. The predicted octanol–water partition coefficient (Wildman–Crippen LogP) is -0.155. The molecule has 1 heterocycles. The number of methoxy groups -OCH3 is 1. The van der Waals surface area contributed by atoms with Crippen LogP contribution in [0.1, 0.15) is 25.0 Å². The maximum atomic E-state index is 12.1. The zero-order chi connectivity index (χ0) is 14.5. The number of aromatic nitrogens is 3. The fourth-order valence-corrected chi connectivity index (χ4v) is 2.60. The number of hydrogen-bond acceptors (Lipinski definition) is 5. The highest BCUT2D eigenvalue weighted by atomic mass is 16.5. The first-order valence-corrected chi connectivity index (χ1v) is 7.03. The number of ether oxygens (including phenoxy) is 1. The number of aryl methyl sites for hydroxylation is 1. The molecule has 0 saturated heterocycles. The van der Waals surface area contributed by atoms with Gasteiger partial charge in [0.15, 0.2) is 0 Å². The Hall–Kier alpha value is -1.47. The van der Waals surface area contributed by atoms with E-state index in [2.05, 4.69) is 15.6 Å². The van der Waals surface area contributed by atoms with Crippen molar-refractivity contribution in [2.24, 2.45) is 11.7 Å². The van der Waals surface area contributed by atoms with E-state index in [4.69, 9.17) is 10.5 Å². The number of nitrogens with two attached hydrogens (primary N) is 1. The third-order valence-electron chi connectivity index (χ3n) is 3.81. The van der Waals surface area contributed by atoms with E-state index in [1.54, 1.807) is 11.8 Å². The number of rotatable bonds is 5. The molecule has 1 fully saturated rings. The lowest BCUT2D eigenvalue weighted by Crippen LogP contribution is -2.45. The van der Waals surface area contributed by atoms with Gasteiger partial charge in [0.1, 0.15) is 0 Å². The highest BCUT2D eigenvalue weighted by Crippen LogP contribution is 2.25. The molecule has 1 aromatic heterocycles. The lowest BCUT2D eigenvalue weighted by atomic mass is 9.83. The van der Waals surface area contributed by atoms with Crippen molar-refractivity contribution >= 4 is 5.91 Å². The van der Waals surface area contributed by atoms with Crippen LogP contribution in [0.5, 0.6) is 0 Å². The maximum Gasteiger partial charge on any atom is 0.223 e. The van der Waals surface area contributed by atoms with Gasteiger partial charge in [0, 0.05) is 31.8 Å². The van der Waals surface area contributed by atoms with Gasteiger partial charge in [-0.1, -0.05) is 5.21 Å². The molecular weight excluding hydrogens is 258 g/mol. The molecule has 3 N–H and O–H groups in total. The molecule has 0 radical (unpaired) electrons. The molecule has 0 bridgehead atoms. The Labute approximate surface area is 118 Å². The topological polar surface area (TPSA) is 95.1 Å². The zero-order valence-electron chi connectivity index (χ0n) is 12.1. The van der Waals surface area contributed by atoms with Gasteiger partial charge in [0.25, 0.3) is 0 Å². The lowest BCUT2D eigenvalue weighted by molar-refractivity contribution is -0.127. The van der Waals surface area contributed by atoms with Gasteiger partial charge in [-0.05, 0) is 26.2 Å². The van der Waals surface area contributed by atoms with Gasteiger partial charge in [-0.3, -0.25) is 9.48 Å². The third kappa shape index (κ3) is 3.77. The minimum Gasteiger partial charge on any atom is -0.380 e. The minimum absolute atomic E-state index is 0.00256. The van der Waals surface area contributed by atoms with Crippen molar-refractivity contribution < 1.29 is 9.53 Å². The first kappa shape index (κ1) is 14.9. The van der Waals surface area contributed by atoms with E-state index in [9.17, 15) is 4.79 Å². The monoisotopic (exact) mass is 281 g/mol. The average molecular weight is 281 g/mol. The quantitative estimate of drug-likeness (QED) is 0.782. The molecule has 7 nitrogen and oxygen atoms in total. The first-order chi connectivity index (χ1) is 9.60. The summed E-state index contributed by atoms with van der Waals surface area (Å²) in [4.78, 5) is 12.1. The summed E-state index contributed by atoms with van der Waals surface area (Å²) in [6, 6.07) is 0.0437. The van der Waals surface area contributed by atoms with Crippen LogP contribution < -0.4 is 11.1 Å². The summed E-state index contributed by atoms with van der Waals surface area (Å²) in [5, 5.41) is 10.8. The van der Waals surface area contributed by atoms with Crippen LogP contribution in [0.25, 0.3) is 0 Å². The molecular formula is C13H23N5O2. The van der Waals surface area contributed by atoms with E-state index in [-0.39, 0.29) is 24.0 Å². The van der Waals surface area contributed by atoms with Crippen molar-refractivity contribution in [3.8, 4) is 0 Å². The Morgan fingerprint density at radius 2 is 2.40 bits per heavy atom. The molecule has 1 aromatic rings. The van der Waals surface area contributed by atoms with Crippen molar-refractivity contribution in [3.63, 3.8) is 0 Å². The van der Waals surface area contributed by atoms with Gasteiger partial charge in [0.05, 0.1) is 18.3 Å². The fraction of sp³-hybridized carbons (Fsp3) is 0.769. The molecule has 0 unspecified atom stereocenters. The molecule has 0 aromatic carbocycles. The second kappa shape index (κ2) is 6.81. The molecule has 0 aliphatic heterocycles. The summed E-state index contributed by atoms with van der Waals surface area (Å²) in [6.07, 6.45) is 4.20. The third-order valence-corrected chi connectivity index (χ3v) is 3.81. The smallest absolute Gasteiger partial charge is 0.223 e. The van der Waals surface area contributed by atoms with Gasteiger partial charge < -0.3 is 15.8 Å². The number of nitrogens with one attached hydrogen (secondary N) is 1. The number of amides is 1. The normalized spacial score (nSPS) is 26.4. The van der Waals surface area contributed by atoms with Crippen molar-refractivity contribution in [1.82, 2.24) is 20.3 Å². The van der Waals surface area contributed by atoms with E-state index >= 15 is 0 Å². The van der Waals surface area contributed by atoms with Crippen molar-refractivity contribution in [3.05, 3.63) is 11.9 Å². The van der Waals surface area contributed by atoms with Gasteiger partial charge >= 0.3 is 0 Å². The van der Waals surface area contributed by atoms with E-state index in [0.717, 1.165) is 18.5 Å². The van der Waals surface area contributed by atoms with Gasteiger partial charge in [-0.2, -0.15) is 0 Å². The minimum atomic E-state index is -0.0162. The molecule has 1 aliphatic rings. The summed E-state index contributed by atoms with van der Waals surface area (Å²) >= 11 is 0. The van der Waals surface area contributed by atoms with Crippen molar-refractivity contribution in [1.29, 1.82) is 0 Å². The summed E-state index contributed by atoms with van der Waals surface area (Å²) in [5.74, 6) is 0.0769. The van der Waals surface area contributed by atoms with E-state index in [1.165, 1.54) is 0 Å². The van der Waals surface area contributed by atoms with Crippen molar-refractivity contribution in [2.45, 2.75) is 44.9 Å². The Morgan fingerprint density at radius 3 is 3.05 bits per heavy atom. The molecule has 1 saturated carbocycles. The van der Waals surface area contributed by atoms with Crippen LogP contribution in [-0.4, -0.2) is 46.7 Å². The van der Waals surface area contributed by atoms with Crippen LogP contribution in [0.2, 0.25) is 0 Å². The van der Waals surface area contributed by atoms with Crippen LogP contribution in [0.15, 0.2) is 6.20 Å². The lowest BCUT2D eigenvalue weighted by Gasteiger charge is -2.32. The van der Waals surface area contributed by atoms with Gasteiger partial charge in [-0.25, -0.2) is 0 Å². The summed E-state index contributed by atoms with van der Waals surface area (Å²) in [6.45, 7) is 3.08. The summed E-state index contributed by atoms with van der Waals surface area (Å²) in [7, 11) is 1.65. The maximum absolute atomic E-state index is 12.1. The zero-order valence-corrected chi connectivity index (χ0v) is 12.1. The Bertz CT molecular complexity index is 448. The standard InChI is InChI=1S/C13H23N5O2/c1-9-8-18(17-16-9)6-5-15-13(19)10-3-4-11(14)12(7-10)20-2/h8,10-12H,3-7,14H2,1-2H3,(H,15,19)/t10-,11-,12-/m0/s1. The molecule has 7 heteroatoms. The molecule has 1 amide bonds. The Balaban J connectivity index is 1.74. The molecule has 0 spiro atoms. The number of nitrogens with zero attached hydrogens (tertiary/aromatic N) is 3. The highest BCUT2D eigenvalue weighted by Gasteiger charge is 2.31. The average Bonchev–Trinajstić information content (AvgIpc) is 2.85. The predicted molar refractivity (Wildman–Crippen MR) is 73.9 cm³/mol. The van der Waals surface area contributed by atoms with Crippen LogP contribution in [-0.2, 0) is 16.1 Å². The SMILES string of the molecule is CO[C@H]1C[C@@H](C(=O)NCCn2cc(C)nn2)CC[C@@H]1N. The number of carbonyl (C=O) groups is 1. The van der Waals surface area contributed by atoms with Crippen LogP contribution in [0, 0.1) is 12.8 Å². The fourth-order valence-electron chi connectivity index (χ4n) is 2.60. The molecule has 20 heavy (non-hydrogen) atoms. The second-order valence-corrected chi connectivity index (χ2v) is 5.36. The van der Waals surface area contributed by atoms with Crippen LogP contribution >= 0.6 is 0 Å². The van der Waals surface area contributed by atoms with E-state index in [0.29, 0.717) is 19.5 Å². The molecule has 112 valence electrons. The van der Waals surface area contributed by atoms with E-state index in [1.807, 2.05) is 13.1 Å². The van der Waals surface area contributed by atoms with Gasteiger partial charge in [0.2, 0.25) is 5.91 Å². The number of carbonyl (C=O) groups excluding carboxylic acids is 1. The largest absolute Gasteiger partial charge is 0.380 e.